The molecule has 2 aromatic rings. The Morgan fingerprint density at radius 2 is 1.79 bits per heavy atom. The van der Waals surface area contributed by atoms with Crippen LogP contribution in [0.15, 0.2) is 46.9 Å². The molecule has 0 saturated heterocycles. The molecule has 100 valence electrons. The molecule has 2 rings (SSSR count). The Hall–Kier alpha value is -1.32. The molecular weight excluding hydrogens is 302 g/mol. The van der Waals surface area contributed by atoms with Crippen molar-refractivity contribution < 1.29 is 5.11 Å². The lowest BCUT2D eigenvalue weighted by atomic mass is 10.1. The molecule has 1 N–H and O–H groups in total. The highest BCUT2D eigenvalue weighted by molar-refractivity contribution is 9.10. The Morgan fingerprint density at radius 1 is 1.11 bits per heavy atom. The van der Waals surface area contributed by atoms with Crippen LogP contribution >= 0.6 is 15.9 Å². The predicted octanol–water partition coefficient (Wildman–Crippen LogP) is 4.41. The summed E-state index contributed by atoms with van der Waals surface area (Å²) in [5.41, 5.74) is 4.37. The summed E-state index contributed by atoms with van der Waals surface area (Å²) in [7, 11) is 0. The number of aliphatic hydroxyl groups is 1. The van der Waals surface area contributed by atoms with Gasteiger partial charge in [-0.3, -0.25) is 0 Å². The summed E-state index contributed by atoms with van der Waals surface area (Å²) in [6.07, 6.45) is 0. The van der Waals surface area contributed by atoms with E-state index in [2.05, 4.69) is 58.9 Å². The third-order valence-corrected chi connectivity index (χ3v) is 3.66. The maximum Gasteiger partial charge on any atom is 0.0702 e. The van der Waals surface area contributed by atoms with Crippen LogP contribution in [0.3, 0.4) is 0 Å². The van der Waals surface area contributed by atoms with Gasteiger partial charge in [-0.1, -0.05) is 33.6 Å². The molecule has 0 bridgehead atoms. The third kappa shape index (κ3) is 3.17. The monoisotopic (exact) mass is 319 g/mol. The van der Waals surface area contributed by atoms with Crippen LogP contribution < -0.4 is 4.90 Å². The van der Waals surface area contributed by atoms with Gasteiger partial charge in [0, 0.05) is 28.0 Å². The first kappa shape index (κ1) is 14.1. The minimum absolute atomic E-state index is 0.0388. The molecular formula is C16H18BrNO. The largest absolute Gasteiger partial charge is 0.392 e. The lowest BCUT2D eigenvalue weighted by molar-refractivity contribution is 0.282. The quantitative estimate of drug-likeness (QED) is 0.902. The first-order valence-electron chi connectivity index (χ1n) is 6.39. The van der Waals surface area contributed by atoms with E-state index in [1.807, 2.05) is 18.2 Å². The molecule has 19 heavy (non-hydrogen) atoms. The molecule has 0 fully saturated rings. The zero-order valence-corrected chi connectivity index (χ0v) is 12.8. The first-order valence-corrected chi connectivity index (χ1v) is 7.18. The number of anilines is 2. The highest BCUT2D eigenvalue weighted by atomic mass is 79.9. The normalized spacial score (nSPS) is 10.5. The maximum atomic E-state index is 9.53. The fourth-order valence-electron chi connectivity index (χ4n) is 2.16. The van der Waals surface area contributed by atoms with E-state index in [0.29, 0.717) is 0 Å². The average Bonchev–Trinajstić information content (AvgIpc) is 2.43. The van der Waals surface area contributed by atoms with Crippen LogP contribution in [-0.2, 0) is 6.61 Å². The van der Waals surface area contributed by atoms with Gasteiger partial charge in [-0.25, -0.2) is 0 Å². The predicted molar refractivity (Wildman–Crippen MR) is 83.9 cm³/mol. The summed E-state index contributed by atoms with van der Waals surface area (Å²) in [5.74, 6) is 0. The van der Waals surface area contributed by atoms with Crippen LogP contribution in [0.4, 0.5) is 11.4 Å². The van der Waals surface area contributed by atoms with Crippen LogP contribution in [0, 0.1) is 6.92 Å². The molecule has 0 atom stereocenters. The van der Waals surface area contributed by atoms with Crippen molar-refractivity contribution >= 4 is 27.3 Å². The molecule has 0 heterocycles. The summed E-state index contributed by atoms with van der Waals surface area (Å²) in [6.45, 7) is 5.09. The van der Waals surface area contributed by atoms with Gasteiger partial charge in [0.2, 0.25) is 0 Å². The molecule has 0 aromatic heterocycles. The molecule has 2 aromatic carbocycles. The second-order valence-electron chi connectivity index (χ2n) is 4.51. The fraction of sp³-hybridized carbons (Fsp3) is 0.250. The first-order chi connectivity index (χ1) is 9.15. The van der Waals surface area contributed by atoms with Gasteiger partial charge in [0.1, 0.15) is 0 Å². The summed E-state index contributed by atoms with van der Waals surface area (Å²) >= 11 is 3.44. The summed E-state index contributed by atoms with van der Waals surface area (Å²) in [6, 6.07) is 14.4. The van der Waals surface area contributed by atoms with Crippen molar-refractivity contribution in [3.05, 3.63) is 58.1 Å². The average molecular weight is 320 g/mol. The molecule has 0 radical (unpaired) electrons. The molecule has 0 amide bonds. The number of aryl methyl sites for hydroxylation is 1. The number of rotatable bonds is 4. The second kappa shape index (κ2) is 6.22. The SMILES string of the molecule is CCN(c1ccc(C)cc1)c1ccc(Br)cc1CO. The van der Waals surface area contributed by atoms with Crippen molar-refractivity contribution in [1.82, 2.24) is 0 Å². The zero-order chi connectivity index (χ0) is 13.8. The second-order valence-corrected chi connectivity index (χ2v) is 5.43. The van der Waals surface area contributed by atoms with E-state index in [9.17, 15) is 5.11 Å². The van der Waals surface area contributed by atoms with E-state index >= 15 is 0 Å². The number of hydrogen-bond donors (Lipinski definition) is 1. The van der Waals surface area contributed by atoms with E-state index in [1.165, 1.54) is 5.56 Å². The number of halogens is 1. The van der Waals surface area contributed by atoms with Crippen LogP contribution in [0.1, 0.15) is 18.1 Å². The minimum atomic E-state index is 0.0388. The third-order valence-electron chi connectivity index (χ3n) is 3.16. The van der Waals surface area contributed by atoms with Gasteiger partial charge < -0.3 is 10.0 Å². The van der Waals surface area contributed by atoms with Gasteiger partial charge >= 0.3 is 0 Å². The Kier molecular flexibility index (Phi) is 4.61. The van der Waals surface area contributed by atoms with Crippen LogP contribution in [-0.4, -0.2) is 11.7 Å². The van der Waals surface area contributed by atoms with Gasteiger partial charge in [0.05, 0.1) is 6.61 Å². The van der Waals surface area contributed by atoms with Gasteiger partial charge in [-0.05, 0) is 44.2 Å². The highest BCUT2D eigenvalue weighted by Gasteiger charge is 2.11. The van der Waals surface area contributed by atoms with Crippen LogP contribution in [0.25, 0.3) is 0 Å². The van der Waals surface area contributed by atoms with Crippen molar-refractivity contribution in [1.29, 1.82) is 0 Å². The highest BCUT2D eigenvalue weighted by Crippen LogP contribution is 2.30. The summed E-state index contributed by atoms with van der Waals surface area (Å²) in [5, 5.41) is 9.53. The molecule has 0 aliphatic rings. The van der Waals surface area contributed by atoms with Crippen molar-refractivity contribution in [3.63, 3.8) is 0 Å². The van der Waals surface area contributed by atoms with E-state index in [-0.39, 0.29) is 6.61 Å². The molecule has 3 heteroatoms. The van der Waals surface area contributed by atoms with Crippen molar-refractivity contribution in [2.45, 2.75) is 20.5 Å². The number of nitrogens with zero attached hydrogens (tertiary/aromatic N) is 1. The Balaban J connectivity index is 2.44. The lowest BCUT2D eigenvalue weighted by Crippen LogP contribution is -2.17. The number of aliphatic hydroxyl groups excluding tert-OH is 1. The maximum absolute atomic E-state index is 9.53. The summed E-state index contributed by atoms with van der Waals surface area (Å²) < 4.78 is 0.986. The van der Waals surface area contributed by atoms with Crippen LogP contribution in [0.2, 0.25) is 0 Å². The van der Waals surface area contributed by atoms with Gasteiger partial charge in [-0.15, -0.1) is 0 Å². The molecule has 2 nitrogen and oxygen atoms in total. The molecule has 0 aliphatic carbocycles. The molecule has 0 spiro atoms. The van der Waals surface area contributed by atoms with E-state index < -0.39 is 0 Å². The number of hydrogen-bond acceptors (Lipinski definition) is 2. The lowest BCUT2D eigenvalue weighted by Gasteiger charge is -2.26. The minimum Gasteiger partial charge on any atom is -0.392 e. The van der Waals surface area contributed by atoms with Gasteiger partial charge in [0.25, 0.3) is 0 Å². The smallest absolute Gasteiger partial charge is 0.0702 e. The van der Waals surface area contributed by atoms with Crippen molar-refractivity contribution in [2.24, 2.45) is 0 Å². The topological polar surface area (TPSA) is 23.5 Å². The standard InChI is InChI=1S/C16H18BrNO/c1-3-18(15-7-4-12(2)5-8-15)16-9-6-14(17)10-13(16)11-19/h4-10,19H,3,11H2,1-2H3. The van der Waals surface area contributed by atoms with E-state index in [1.54, 1.807) is 0 Å². The Labute approximate surface area is 122 Å². The molecule has 0 aliphatic heterocycles. The van der Waals surface area contributed by atoms with Gasteiger partial charge in [-0.2, -0.15) is 0 Å². The number of benzene rings is 2. The van der Waals surface area contributed by atoms with Crippen LogP contribution in [0.5, 0.6) is 0 Å². The van der Waals surface area contributed by atoms with Gasteiger partial charge in [0.15, 0.2) is 0 Å². The zero-order valence-electron chi connectivity index (χ0n) is 11.2. The van der Waals surface area contributed by atoms with E-state index in [4.69, 9.17) is 0 Å². The Bertz CT molecular complexity index is 551. The summed E-state index contributed by atoms with van der Waals surface area (Å²) in [4.78, 5) is 2.21. The van der Waals surface area contributed by atoms with Crippen molar-refractivity contribution in [3.8, 4) is 0 Å². The van der Waals surface area contributed by atoms with E-state index in [0.717, 1.165) is 28.0 Å². The molecule has 0 saturated carbocycles. The Morgan fingerprint density at radius 3 is 2.37 bits per heavy atom. The molecule has 0 unspecified atom stereocenters. The van der Waals surface area contributed by atoms with Crippen molar-refractivity contribution in [2.75, 3.05) is 11.4 Å². The fourth-order valence-corrected chi connectivity index (χ4v) is 2.57.